The van der Waals surface area contributed by atoms with Crippen molar-refractivity contribution in [3.05, 3.63) is 60.4 Å². The molecular formula is C21H23N5O. The standard InChI is InChI=1S/C21H23N5O/c1-25-10-12-26(13-11-25)17-4-2-16(3-5-17)20-18(21(22)27)14-19(24-20)15-6-8-23-9-7-15/h2-9,14,24H,10-13H2,1H3,(H2,22,27). The summed E-state index contributed by atoms with van der Waals surface area (Å²) in [5, 5.41) is 0. The molecule has 0 radical (unpaired) electrons. The molecule has 27 heavy (non-hydrogen) atoms. The van der Waals surface area contributed by atoms with Crippen molar-refractivity contribution in [1.29, 1.82) is 0 Å². The number of aromatic nitrogens is 2. The van der Waals surface area contributed by atoms with E-state index >= 15 is 0 Å². The van der Waals surface area contributed by atoms with Crippen molar-refractivity contribution >= 4 is 11.6 Å². The number of benzene rings is 1. The molecule has 4 rings (SSSR count). The van der Waals surface area contributed by atoms with Gasteiger partial charge >= 0.3 is 0 Å². The van der Waals surface area contributed by atoms with E-state index in [2.05, 4.69) is 38.9 Å². The van der Waals surface area contributed by atoms with Crippen LogP contribution >= 0.6 is 0 Å². The number of nitrogens with one attached hydrogen (secondary N) is 1. The first-order valence-electron chi connectivity index (χ1n) is 9.09. The van der Waals surface area contributed by atoms with Gasteiger partial charge in [-0.1, -0.05) is 12.1 Å². The fraction of sp³-hybridized carbons (Fsp3) is 0.238. The number of anilines is 1. The third-order valence-corrected chi connectivity index (χ3v) is 5.10. The van der Waals surface area contributed by atoms with Crippen LogP contribution in [0.4, 0.5) is 5.69 Å². The monoisotopic (exact) mass is 361 g/mol. The van der Waals surface area contributed by atoms with E-state index in [-0.39, 0.29) is 0 Å². The molecule has 1 aliphatic heterocycles. The lowest BCUT2D eigenvalue weighted by molar-refractivity contribution is 0.100. The summed E-state index contributed by atoms with van der Waals surface area (Å²) in [5.41, 5.74) is 10.8. The number of amides is 1. The Morgan fingerprint density at radius 2 is 1.67 bits per heavy atom. The minimum absolute atomic E-state index is 0.440. The van der Waals surface area contributed by atoms with Crippen LogP contribution in [0.25, 0.3) is 22.5 Å². The van der Waals surface area contributed by atoms with E-state index in [1.807, 2.05) is 24.3 Å². The van der Waals surface area contributed by atoms with Gasteiger partial charge in [0, 0.05) is 55.5 Å². The normalized spacial score (nSPS) is 15.1. The molecule has 1 aromatic carbocycles. The molecule has 3 aromatic rings. The van der Waals surface area contributed by atoms with Crippen molar-refractivity contribution in [1.82, 2.24) is 14.9 Å². The lowest BCUT2D eigenvalue weighted by Crippen LogP contribution is -2.44. The number of nitrogens with two attached hydrogens (primary N) is 1. The molecule has 1 fully saturated rings. The summed E-state index contributed by atoms with van der Waals surface area (Å²) < 4.78 is 0. The maximum Gasteiger partial charge on any atom is 0.250 e. The highest BCUT2D eigenvalue weighted by atomic mass is 16.1. The zero-order valence-electron chi connectivity index (χ0n) is 15.4. The van der Waals surface area contributed by atoms with Crippen LogP contribution in [0.15, 0.2) is 54.9 Å². The van der Waals surface area contributed by atoms with Crippen molar-refractivity contribution in [2.24, 2.45) is 5.73 Å². The van der Waals surface area contributed by atoms with Gasteiger partial charge in [-0.15, -0.1) is 0 Å². The molecule has 1 aliphatic rings. The average Bonchev–Trinajstić information content (AvgIpc) is 3.15. The Morgan fingerprint density at radius 3 is 2.30 bits per heavy atom. The smallest absolute Gasteiger partial charge is 0.250 e. The van der Waals surface area contributed by atoms with Crippen molar-refractivity contribution in [3.8, 4) is 22.5 Å². The zero-order valence-corrected chi connectivity index (χ0v) is 15.4. The third kappa shape index (κ3) is 3.57. The van der Waals surface area contributed by atoms with Crippen LogP contribution in [0, 0.1) is 0 Å². The molecule has 6 heteroatoms. The van der Waals surface area contributed by atoms with Crippen LogP contribution in [0.2, 0.25) is 0 Å². The Hall–Kier alpha value is -3.12. The van der Waals surface area contributed by atoms with E-state index in [1.54, 1.807) is 18.5 Å². The molecule has 3 heterocycles. The highest BCUT2D eigenvalue weighted by molar-refractivity contribution is 6.00. The molecule has 3 N–H and O–H groups in total. The predicted molar refractivity (Wildman–Crippen MR) is 108 cm³/mol. The van der Waals surface area contributed by atoms with Gasteiger partial charge < -0.3 is 20.5 Å². The molecule has 0 bridgehead atoms. The van der Waals surface area contributed by atoms with Crippen LogP contribution in [-0.4, -0.2) is 54.0 Å². The first kappa shape index (κ1) is 17.3. The van der Waals surface area contributed by atoms with Crippen LogP contribution in [0.5, 0.6) is 0 Å². The summed E-state index contributed by atoms with van der Waals surface area (Å²) in [6.45, 7) is 4.19. The van der Waals surface area contributed by atoms with Gasteiger partial charge in [-0.05, 0) is 42.9 Å². The van der Waals surface area contributed by atoms with Crippen molar-refractivity contribution in [2.75, 3.05) is 38.1 Å². The summed E-state index contributed by atoms with van der Waals surface area (Å²) >= 11 is 0. The number of pyridine rings is 1. The molecule has 138 valence electrons. The van der Waals surface area contributed by atoms with Gasteiger partial charge in [0.15, 0.2) is 0 Å². The SMILES string of the molecule is CN1CCN(c2ccc(-c3[nH]c(-c4ccncc4)cc3C(N)=O)cc2)CC1. The van der Waals surface area contributed by atoms with Crippen molar-refractivity contribution in [2.45, 2.75) is 0 Å². The highest BCUT2D eigenvalue weighted by Crippen LogP contribution is 2.30. The van der Waals surface area contributed by atoms with E-state index in [0.717, 1.165) is 48.7 Å². The molecule has 1 saturated heterocycles. The number of hydrogen-bond acceptors (Lipinski definition) is 4. The first-order chi connectivity index (χ1) is 13.1. The minimum Gasteiger partial charge on any atom is -0.369 e. The first-order valence-corrected chi connectivity index (χ1v) is 9.09. The highest BCUT2D eigenvalue weighted by Gasteiger charge is 2.17. The Bertz CT molecular complexity index is 925. The number of hydrogen-bond donors (Lipinski definition) is 2. The second kappa shape index (κ2) is 7.25. The van der Waals surface area contributed by atoms with Gasteiger partial charge in [0.2, 0.25) is 0 Å². The van der Waals surface area contributed by atoms with Gasteiger partial charge in [-0.3, -0.25) is 9.78 Å². The van der Waals surface area contributed by atoms with E-state index < -0.39 is 5.91 Å². The lowest BCUT2D eigenvalue weighted by Gasteiger charge is -2.34. The summed E-state index contributed by atoms with van der Waals surface area (Å²) in [7, 11) is 2.15. The van der Waals surface area contributed by atoms with Crippen molar-refractivity contribution in [3.63, 3.8) is 0 Å². The molecule has 0 aliphatic carbocycles. The fourth-order valence-electron chi connectivity index (χ4n) is 3.47. The largest absolute Gasteiger partial charge is 0.369 e. The maximum absolute atomic E-state index is 12.0. The second-order valence-corrected chi connectivity index (χ2v) is 6.91. The molecule has 0 atom stereocenters. The number of aromatic amines is 1. The molecule has 0 saturated carbocycles. The van der Waals surface area contributed by atoms with Gasteiger partial charge in [-0.2, -0.15) is 0 Å². The van der Waals surface area contributed by atoms with Crippen LogP contribution in [0.3, 0.4) is 0 Å². The van der Waals surface area contributed by atoms with Crippen LogP contribution < -0.4 is 10.6 Å². The number of rotatable bonds is 4. The van der Waals surface area contributed by atoms with Gasteiger partial charge in [0.25, 0.3) is 5.91 Å². The Labute approximate surface area is 158 Å². The summed E-state index contributed by atoms with van der Waals surface area (Å²) in [6, 6.07) is 13.9. The summed E-state index contributed by atoms with van der Waals surface area (Å²) in [4.78, 5) is 24.1. The Kier molecular flexibility index (Phi) is 4.64. The van der Waals surface area contributed by atoms with E-state index in [0.29, 0.717) is 5.56 Å². The fourth-order valence-corrected chi connectivity index (χ4v) is 3.47. The molecule has 0 unspecified atom stereocenters. The number of carbonyl (C=O) groups is 1. The van der Waals surface area contributed by atoms with Gasteiger partial charge in [-0.25, -0.2) is 0 Å². The van der Waals surface area contributed by atoms with E-state index in [9.17, 15) is 4.79 Å². The van der Waals surface area contributed by atoms with Crippen LogP contribution in [-0.2, 0) is 0 Å². The molecule has 2 aromatic heterocycles. The molecular weight excluding hydrogens is 338 g/mol. The second-order valence-electron chi connectivity index (χ2n) is 6.91. The quantitative estimate of drug-likeness (QED) is 0.749. The number of carbonyl (C=O) groups excluding carboxylic acids is 1. The van der Waals surface area contributed by atoms with E-state index in [4.69, 9.17) is 5.73 Å². The zero-order chi connectivity index (χ0) is 18.8. The number of likely N-dealkylation sites (N-methyl/N-ethyl adjacent to an activating group) is 1. The number of H-pyrrole nitrogens is 1. The number of nitrogens with zero attached hydrogens (tertiary/aromatic N) is 3. The Balaban J connectivity index is 1.64. The minimum atomic E-state index is -0.440. The predicted octanol–water partition coefficient (Wildman–Crippen LogP) is 2.59. The number of piperazine rings is 1. The maximum atomic E-state index is 12.0. The lowest BCUT2D eigenvalue weighted by atomic mass is 10.1. The Morgan fingerprint density at radius 1 is 1.00 bits per heavy atom. The molecule has 6 nitrogen and oxygen atoms in total. The molecule has 0 spiro atoms. The van der Waals surface area contributed by atoms with Gasteiger partial charge in [0.1, 0.15) is 0 Å². The summed E-state index contributed by atoms with van der Waals surface area (Å²) in [6.07, 6.45) is 3.45. The summed E-state index contributed by atoms with van der Waals surface area (Å²) in [5.74, 6) is -0.440. The molecule has 1 amide bonds. The average molecular weight is 361 g/mol. The van der Waals surface area contributed by atoms with E-state index in [1.165, 1.54) is 5.69 Å². The van der Waals surface area contributed by atoms with Gasteiger partial charge in [0.05, 0.1) is 11.3 Å². The number of primary amides is 1. The van der Waals surface area contributed by atoms with Crippen LogP contribution in [0.1, 0.15) is 10.4 Å². The van der Waals surface area contributed by atoms with Crippen molar-refractivity contribution < 1.29 is 4.79 Å². The third-order valence-electron chi connectivity index (χ3n) is 5.10. The topological polar surface area (TPSA) is 78.2 Å².